The Morgan fingerprint density at radius 1 is 0.324 bits per heavy atom. The lowest BCUT2D eigenvalue weighted by atomic mass is 10.2. The van der Waals surface area contributed by atoms with Gasteiger partial charge in [0.1, 0.15) is 17.2 Å². The molecule has 3 unspecified atom stereocenters. The van der Waals surface area contributed by atoms with Crippen LogP contribution in [0.1, 0.15) is 16.7 Å². The molecule has 0 N–H and O–H groups in total. The quantitative estimate of drug-likeness (QED) is 0.0286. The van der Waals surface area contributed by atoms with E-state index in [-0.39, 0.29) is 76.3 Å². The summed E-state index contributed by atoms with van der Waals surface area (Å²) < 4.78 is 102. The molecule has 74 heavy (non-hydrogen) atoms. The summed E-state index contributed by atoms with van der Waals surface area (Å²) in [4.78, 5) is 0. The van der Waals surface area contributed by atoms with Gasteiger partial charge >= 0.3 is 23.2 Å². The lowest BCUT2D eigenvalue weighted by Gasteiger charge is -2.29. The van der Waals surface area contributed by atoms with Crippen LogP contribution in [-0.4, -0.2) is 53.3 Å². The highest BCUT2D eigenvalue weighted by atomic mass is 31.2. The van der Waals surface area contributed by atoms with E-state index in [2.05, 4.69) is 39.5 Å². The standard InChI is InChI=1S/C57H63N3O10P4/c1-7-40-58(41-8-2)72(62,65-46-49-22-16-13-17-23-49)68-52-28-34-55(35-29-52)71(61,56-36-30-53(31-37-56)69-73(63,59(42-9-3)43-10-4)66-47-50-24-18-14-19-25-50)57-38-32-54(33-39-57)70-74(64,60(44-11-5)45-12-6)67-48-51-26-20-15-21-27-51/h7-39H,1-6,40-48H2. The van der Waals surface area contributed by atoms with Crippen LogP contribution in [-0.2, 0) is 51.7 Å². The van der Waals surface area contributed by atoms with Crippen LogP contribution in [0.4, 0.5) is 0 Å². The van der Waals surface area contributed by atoms with Crippen LogP contribution >= 0.6 is 30.4 Å². The van der Waals surface area contributed by atoms with Gasteiger partial charge in [0.05, 0.1) is 19.8 Å². The summed E-state index contributed by atoms with van der Waals surface area (Å²) in [6, 6.07) is 47.3. The third-order valence-electron chi connectivity index (χ3n) is 11.1. The van der Waals surface area contributed by atoms with E-state index in [1.54, 1.807) is 109 Å². The number of rotatable bonds is 33. The normalized spacial score (nSPS) is 14.6. The van der Waals surface area contributed by atoms with Gasteiger partial charge in [0, 0.05) is 55.2 Å². The summed E-state index contributed by atoms with van der Waals surface area (Å²) in [5.74, 6) is 0.561. The smallest absolute Gasteiger partial charge is 0.413 e. The van der Waals surface area contributed by atoms with Crippen LogP contribution in [0.15, 0.2) is 240 Å². The molecule has 0 amide bonds. The van der Waals surface area contributed by atoms with Crippen molar-refractivity contribution in [3.05, 3.63) is 256 Å². The third-order valence-corrected chi connectivity index (χ3v) is 19.9. The first-order chi connectivity index (χ1) is 35.8. The highest BCUT2D eigenvalue weighted by Gasteiger charge is 2.38. The van der Waals surface area contributed by atoms with Gasteiger partial charge in [0.15, 0.2) is 7.14 Å². The molecule has 0 saturated heterocycles. The molecule has 0 radical (unpaired) electrons. The SMILES string of the molecule is C=CCN(CC=C)P(=O)(OCc1ccccc1)Oc1ccc(P(=O)(c2ccc(OP(=O)(OCc3ccccc3)N(CC=C)CC=C)cc2)c2ccc(OP(=O)(OCc3ccccc3)N(CC=C)CC=C)cc2)cc1. The molecule has 0 aliphatic heterocycles. The Morgan fingerprint density at radius 2 is 0.541 bits per heavy atom. The molecule has 17 heteroatoms. The third kappa shape index (κ3) is 15.2. The molecule has 0 aromatic heterocycles. The van der Waals surface area contributed by atoms with Gasteiger partial charge in [-0.1, -0.05) is 127 Å². The molecule has 0 bridgehead atoms. The van der Waals surface area contributed by atoms with E-state index in [4.69, 9.17) is 27.1 Å². The summed E-state index contributed by atoms with van der Waals surface area (Å²) >= 11 is 0. The Bertz CT molecular complexity index is 2630. The summed E-state index contributed by atoms with van der Waals surface area (Å²) in [5, 5.41) is 1.13. The van der Waals surface area contributed by atoms with Crippen molar-refractivity contribution in [2.75, 3.05) is 39.3 Å². The Balaban J connectivity index is 1.39. The van der Waals surface area contributed by atoms with Crippen molar-refractivity contribution >= 4 is 46.3 Å². The molecule has 0 fully saturated rings. The number of nitrogens with zero attached hydrogens (tertiary/aromatic N) is 3. The second kappa shape index (κ2) is 27.9. The number of hydrogen-bond acceptors (Lipinski definition) is 10. The minimum atomic E-state index is -4.05. The number of hydrogen-bond donors (Lipinski definition) is 0. The molecule has 0 aliphatic rings. The van der Waals surface area contributed by atoms with Crippen LogP contribution in [0.25, 0.3) is 0 Å². The van der Waals surface area contributed by atoms with Crippen molar-refractivity contribution in [1.82, 2.24) is 14.0 Å². The van der Waals surface area contributed by atoms with Gasteiger partial charge in [-0.15, -0.1) is 39.5 Å². The van der Waals surface area contributed by atoms with E-state index in [1.165, 1.54) is 14.0 Å². The van der Waals surface area contributed by atoms with Gasteiger partial charge in [-0.05, 0) is 89.5 Å². The minimum absolute atomic E-state index is 0.0000917. The first-order valence-corrected chi connectivity index (χ1v) is 29.8. The molecule has 0 aliphatic carbocycles. The summed E-state index contributed by atoms with van der Waals surface area (Å²) in [6.07, 6.45) is 9.59. The van der Waals surface area contributed by atoms with Crippen molar-refractivity contribution in [3.8, 4) is 17.2 Å². The first kappa shape index (κ1) is 57.1. The molecule has 6 aromatic rings. The predicted molar refractivity (Wildman–Crippen MR) is 300 cm³/mol. The molecule has 6 aromatic carbocycles. The van der Waals surface area contributed by atoms with Crippen LogP contribution in [0, 0.1) is 0 Å². The molecule has 386 valence electrons. The molecule has 6 rings (SSSR count). The fraction of sp³-hybridized carbons (Fsp3) is 0.158. The minimum Gasteiger partial charge on any atom is -0.413 e. The van der Waals surface area contributed by atoms with Crippen molar-refractivity contribution in [1.29, 1.82) is 0 Å². The van der Waals surface area contributed by atoms with E-state index in [9.17, 15) is 13.7 Å². The average Bonchev–Trinajstić information content (AvgIpc) is 3.42. The molecule has 0 heterocycles. The molecule has 0 spiro atoms. The van der Waals surface area contributed by atoms with Gasteiger partial charge < -0.3 is 18.1 Å². The fourth-order valence-electron chi connectivity index (χ4n) is 7.40. The van der Waals surface area contributed by atoms with Crippen molar-refractivity contribution in [3.63, 3.8) is 0 Å². The topological polar surface area (TPSA) is 133 Å². The predicted octanol–water partition coefficient (Wildman–Crippen LogP) is 13.5. The van der Waals surface area contributed by atoms with Crippen LogP contribution in [0.5, 0.6) is 17.2 Å². The number of benzene rings is 6. The lowest BCUT2D eigenvalue weighted by molar-refractivity contribution is 0.208. The van der Waals surface area contributed by atoms with Crippen molar-refractivity contribution in [2.24, 2.45) is 0 Å². The van der Waals surface area contributed by atoms with E-state index in [1.807, 2.05) is 91.0 Å². The highest BCUT2D eigenvalue weighted by molar-refractivity contribution is 7.85. The monoisotopic (exact) mass is 1070 g/mol. The van der Waals surface area contributed by atoms with E-state index in [0.717, 1.165) is 16.7 Å². The van der Waals surface area contributed by atoms with E-state index < -0.39 is 30.4 Å². The maximum atomic E-state index is 16.2. The second-order valence-corrected chi connectivity index (χ2v) is 25.0. The fourth-order valence-corrected chi connectivity index (χ4v) is 15.0. The Hall–Kier alpha value is -6.16. The van der Waals surface area contributed by atoms with Gasteiger partial charge in [-0.3, -0.25) is 13.6 Å². The Labute approximate surface area is 436 Å². The Morgan fingerprint density at radius 3 is 0.743 bits per heavy atom. The second-order valence-electron chi connectivity index (χ2n) is 16.4. The van der Waals surface area contributed by atoms with Crippen LogP contribution in [0.3, 0.4) is 0 Å². The molecule has 13 nitrogen and oxygen atoms in total. The van der Waals surface area contributed by atoms with Crippen LogP contribution in [0.2, 0.25) is 0 Å². The lowest BCUT2D eigenvalue weighted by Crippen LogP contribution is -2.26. The molecule has 0 saturated carbocycles. The van der Waals surface area contributed by atoms with Crippen molar-refractivity contribution < 1.29 is 45.4 Å². The van der Waals surface area contributed by atoms with E-state index in [0.29, 0.717) is 15.9 Å². The maximum Gasteiger partial charge on any atom is 0.462 e. The highest BCUT2D eigenvalue weighted by Crippen LogP contribution is 2.55. The summed E-state index contributed by atoms with van der Waals surface area (Å²) in [5.41, 5.74) is 2.37. The average molecular weight is 1070 g/mol. The summed E-state index contributed by atoms with van der Waals surface area (Å²) in [7, 11) is -16.0. The largest absolute Gasteiger partial charge is 0.462 e. The van der Waals surface area contributed by atoms with Crippen molar-refractivity contribution in [2.45, 2.75) is 19.8 Å². The molecular formula is C57H63N3O10P4. The summed E-state index contributed by atoms with van der Waals surface area (Å²) in [6.45, 7) is 24.1. The van der Waals surface area contributed by atoms with Gasteiger partial charge in [0.2, 0.25) is 0 Å². The zero-order chi connectivity index (χ0) is 52.9. The Kier molecular flexibility index (Phi) is 21.6. The van der Waals surface area contributed by atoms with Gasteiger partial charge in [-0.25, -0.2) is 13.7 Å². The maximum absolute atomic E-state index is 16.2. The molecular weight excluding hydrogens is 1010 g/mol. The zero-order valence-electron chi connectivity index (χ0n) is 41.4. The van der Waals surface area contributed by atoms with Crippen LogP contribution < -0.4 is 29.5 Å². The van der Waals surface area contributed by atoms with Gasteiger partial charge in [0.25, 0.3) is 0 Å². The van der Waals surface area contributed by atoms with E-state index >= 15 is 4.57 Å². The first-order valence-electron chi connectivity index (χ1n) is 23.6. The molecule has 3 atom stereocenters. The zero-order valence-corrected chi connectivity index (χ0v) is 44.9. The van der Waals surface area contributed by atoms with Gasteiger partial charge in [-0.2, -0.15) is 14.0 Å².